The molecule has 1 aromatic rings. The van der Waals surface area contributed by atoms with Crippen LogP contribution in [0.4, 0.5) is 0 Å². The molecule has 0 amide bonds. The summed E-state index contributed by atoms with van der Waals surface area (Å²) in [5.74, 6) is 0.0478. The van der Waals surface area contributed by atoms with Crippen LogP contribution in [0.3, 0.4) is 0 Å². The van der Waals surface area contributed by atoms with Gasteiger partial charge in [-0.3, -0.25) is 4.79 Å². The van der Waals surface area contributed by atoms with Gasteiger partial charge >= 0.3 is 5.97 Å². The lowest BCUT2D eigenvalue weighted by Crippen LogP contribution is -2.30. The van der Waals surface area contributed by atoms with E-state index in [0.29, 0.717) is 0 Å². The monoisotopic (exact) mass is 352 g/mol. The Morgan fingerprint density at radius 3 is 2.38 bits per heavy atom. The zero-order chi connectivity index (χ0) is 16.0. The normalized spacial score (nSPS) is 14.3. The zero-order valence-corrected chi connectivity index (χ0v) is 14.9. The second kappa shape index (κ2) is 7.79. The van der Waals surface area contributed by atoms with E-state index in [-0.39, 0.29) is 18.0 Å². The Balaban J connectivity index is 3.00. The summed E-state index contributed by atoms with van der Waals surface area (Å²) in [7, 11) is 0. The number of ether oxygens (including phenoxy) is 1. The van der Waals surface area contributed by atoms with Gasteiger partial charge < -0.3 is 4.74 Å². The SMILES string of the molecule is C=Cc1ccc(C(OC(=O)C(C)(C)Br)C(C)CCC)cc1. The van der Waals surface area contributed by atoms with E-state index in [1.54, 1.807) is 13.8 Å². The van der Waals surface area contributed by atoms with Gasteiger partial charge in [0.2, 0.25) is 0 Å². The Bertz CT molecular complexity index is 471. The lowest BCUT2D eigenvalue weighted by atomic mass is 9.92. The van der Waals surface area contributed by atoms with Gasteiger partial charge in [-0.15, -0.1) is 0 Å². The fourth-order valence-electron chi connectivity index (χ4n) is 2.20. The van der Waals surface area contributed by atoms with Gasteiger partial charge in [0, 0.05) is 0 Å². The minimum atomic E-state index is -0.668. The van der Waals surface area contributed by atoms with Crippen molar-refractivity contribution in [3.05, 3.63) is 42.0 Å². The van der Waals surface area contributed by atoms with Gasteiger partial charge in [0.25, 0.3) is 0 Å². The van der Waals surface area contributed by atoms with Gasteiger partial charge in [-0.1, -0.05) is 73.1 Å². The molecule has 0 saturated carbocycles. The molecule has 0 heterocycles. The van der Waals surface area contributed by atoms with Crippen LogP contribution in [-0.2, 0) is 9.53 Å². The lowest BCUT2D eigenvalue weighted by Gasteiger charge is -2.27. The van der Waals surface area contributed by atoms with Gasteiger partial charge in [0.1, 0.15) is 10.4 Å². The zero-order valence-electron chi connectivity index (χ0n) is 13.4. The molecule has 0 fully saturated rings. The molecule has 0 saturated heterocycles. The van der Waals surface area contributed by atoms with Crippen LogP contribution in [0.25, 0.3) is 6.08 Å². The highest BCUT2D eigenvalue weighted by Gasteiger charge is 2.31. The fraction of sp³-hybridized carbons (Fsp3) is 0.500. The van der Waals surface area contributed by atoms with Crippen molar-refractivity contribution in [2.75, 3.05) is 0 Å². The van der Waals surface area contributed by atoms with Gasteiger partial charge in [-0.05, 0) is 37.3 Å². The number of benzene rings is 1. The molecule has 2 unspecified atom stereocenters. The molecule has 0 spiro atoms. The van der Waals surface area contributed by atoms with Crippen molar-refractivity contribution in [3.8, 4) is 0 Å². The smallest absolute Gasteiger partial charge is 0.322 e. The molecule has 1 aromatic carbocycles. The molecule has 0 radical (unpaired) electrons. The number of hydrogen-bond donors (Lipinski definition) is 0. The summed E-state index contributed by atoms with van der Waals surface area (Å²) in [4.78, 5) is 12.2. The third kappa shape index (κ3) is 5.31. The van der Waals surface area contributed by atoms with Crippen LogP contribution in [0.1, 0.15) is 57.8 Å². The summed E-state index contributed by atoms with van der Waals surface area (Å²) in [6.45, 7) is 11.6. The lowest BCUT2D eigenvalue weighted by molar-refractivity contribution is -0.154. The predicted molar refractivity (Wildman–Crippen MR) is 92.4 cm³/mol. The van der Waals surface area contributed by atoms with E-state index >= 15 is 0 Å². The van der Waals surface area contributed by atoms with Crippen LogP contribution in [0.15, 0.2) is 30.8 Å². The van der Waals surface area contributed by atoms with Crippen molar-refractivity contribution < 1.29 is 9.53 Å². The second-order valence-electron chi connectivity index (χ2n) is 5.94. The van der Waals surface area contributed by atoms with E-state index < -0.39 is 4.32 Å². The van der Waals surface area contributed by atoms with E-state index in [2.05, 4.69) is 36.4 Å². The highest BCUT2D eigenvalue weighted by atomic mass is 79.9. The van der Waals surface area contributed by atoms with E-state index in [1.165, 1.54) is 0 Å². The molecule has 2 nitrogen and oxygen atoms in total. The molecule has 0 aliphatic heterocycles. The third-order valence-electron chi connectivity index (χ3n) is 3.48. The first-order chi connectivity index (χ1) is 9.79. The van der Waals surface area contributed by atoms with E-state index in [9.17, 15) is 4.79 Å². The fourth-order valence-corrected chi connectivity index (χ4v) is 2.29. The van der Waals surface area contributed by atoms with Gasteiger partial charge in [0.15, 0.2) is 0 Å². The average molecular weight is 353 g/mol. The van der Waals surface area contributed by atoms with E-state index in [1.807, 2.05) is 30.3 Å². The number of alkyl halides is 1. The van der Waals surface area contributed by atoms with Gasteiger partial charge in [0.05, 0.1) is 0 Å². The standard InChI is InChI=1S/C18H25BrO2/c1-6-8-13(3)16(21-17(20)18(4,5)19)15-11-9-14(7-2)10-12-15/h7,9-13,16H,2,6,8H2,1,3-5H3. The summed E-state index contributed by atoms with van der Waals surface area (Å²) in [5.41, 5.74) is 2.10. The van der Waals surface area contributed by atoms with E-state index in [4.69, 9.17) is 4.74 Å². The van der Waals surface area contributed by atoms with Crippen LogP contribution >= 0.6 is 15.9 Å². The van der Waals surface area contributed by atoms with Crippen LogP contribution in [-0.4, -0.2) is 10.3 Å². The summed E-state index contributed by atoms with van der Waals surface area (Å²) >= 11 is 3.37. The van der Waals surface area contributed by atoms with Crippen molar-refractivity contribution in [1.82, 2.24) is 0 Å². The maximum absolute atomic E-state index is 12.2. The molecule has 2 atom stereocenters. The molecule has 3 heteroatoms. The topological polar surface area (TPSA) is 26.3 Å². The average Bonchev–Trinajstić information content (AvgIpc) is 2.43. The van der Waals surface area contributed by atoms with Crippen LogP contribution < -0.4 is 0 Å². The quantitative estimate of drug-likeness (QED) is 0.476. The Labute approximate surface area is 136 Å². The molecule has 0 aromatic heterocycles. The molecule has 0 N–H and O–H groups in total. The van der Waals surface area contributed by atoms with Crippen molar-refractivity contribution in [1.29, 1.82) is 0 Å². The number of esters is 1. The minimum absolute atomic E-state index is 0.215. The minimum Gasteiger partial charge on any atom is -0.456 e. The molecule has 116 valence electrons. The van der Waals surface area contributed by atoms with E-state index in [0.717, 1.165) is 24.0 Å². The predicted octanol–water partition coefficient (Wildman–Crippen LogP) is 5.52. The largest absolute Gasteiger partial charge is 0.456 e. The van der Waals surface area contributed by atoms with Crippen molar-refractivity contribution in [2.24, 2.45) is 5.92 Å². The Kier molecular flexibility index (Phi) is 6.66. The molecule has 0 aliphatic carbocycles. The van der Waals surface area contributed by atoms with Gasteiger partial charge in [-0.25, -0.2) is 0 Å². The molecular weight excluding hydrogens is 328 g/mol. The van der Waals surface area contributed by atoms with Crippen molar-refractivity contribution in [2.45, 2.75) is 51.0 Å². The number of halogens is 1. The Morgan fingerprint density at radius 2 is 1.95 bits per heavy atom. The molecule has 1 rings (SSSR count). The number of carbonyl (C=O) groups excluding carboxylic acids is 1. The first-order valence-electron chi connectivity index (χ1n) is 7.42. The Hall–Kier alpha value is -1.09. The van der Waals surface area contributed by atoms with Crippen molar-refractivity contribution in [3.63, 3.8) is 0 Å². The molecular formula is C18H25BrO2. The van der Waals surface area contributed by atoms with Gasteiger partial charge in [-0.2, -0.15) is 0 Å². The summed E-state index contributed by atoms with van der Waals surface area (Å²) in [5, 5.41) is 0. The summed E-state index contributed by atoms with van der Waals surface area (Å²) < 4.78 is 5.11. The van der Waals surface area contributed by atoms with Crippen LogP contribution in [0.5, 0.6) is 0 Å². The highest BCUT2D eigenvalue weighted by molar-refractivity contribution is 9.10. The third-order valence-corrected chi connectivity index (χ3v) is 3.80. The van der Waals surface area contributed by atoms with Crippen molar-refractivity contribution >= 4 is 28.0 Å². The molecule has 21 heavy (non-hydrogen) atoms. The molecule has 0 aliphatic rings. The highest BCUT2D eigenvalue weighted by Crippen LogP contribution is 2.32. The maximum Gasteiger partial charge on any atom is 0.322 e. The maximum atomic E-state index is 12.2. The second-order valence-corrected chi connectivity index (χ2v) is 7.92. The van der Waals surface area contributed by atoms with Crippen LogP contribution in [0, 0.1) is 5.92 Å². The summed E-state index contributed by atoms with van der Waals surface area (Å²) in [6, 6.07) is 8.03. The number of rotatable bonds is 7. The molecule has 0 bridgehead atoms. The summed E-state index contributed by atoms with van der Waals surface area (Å²) in [6.07, 6.45) is 3.68. The first kappa shape index (κ1) is 18.0. The van der Waals surface area contributed by atoms with Crippen LogP contribution in [0.2, 0.25) is 0 Å². The Morgan fingerprint density at radius 1 is 1.38 bits per heavy atom. The number of carbonyl (C=O) groups is 1. The first-order valence-corrected chi connectivity index (χ1v) is 8.21. The number of hydrogen-bond acceptors (Lipinski definition) is 2.